The Morgan fingerprint density at radius 3 is 2.48 bits per heavy atom. The van der Waals surface area contributed by atoms with E-state index in [9.17, 15) is 19.2 Å². The number of ether oxygens (including phenoxy) is 1. The molecule has 168 valence electrons. The molecule has 0 unspecified atom stereocenters. The Hall–Kier alpha value is -3.41. The fourth-order valence-electron chi connectivity index (χ4n) is 2.47. The van der Waals surface area contributed by atoms with E-state index in [1.165, 1.54) is 16.8 Å². The van der Waals surface area contributed by atoms with Gasteiger partial charge in [0, 0.05) is 26.2 Å². The van der Waals surface area contributed by atoms with E-state index in [2.05, 4.69) is 20.9 Å². The number of aromatic nitrogens is 2. The largest absolute Gasteiger partial charge is 0.477 e. The first-order chi connectivity index (χ1) is 14.4. The number of rotatable bonds is 7. The second-order valence-electron chi connectivity index (χ2n) is 7.64. The van der Waals surface area contributed by atoms with Gasteiger partial charge in [-0.25, -0.2) is 14.6 Å². The van der Waals surface area contributed by atoms with E-state index in [1.54, 1.807) is 34.7 Å². The third kappa shape index (κ3) is 7.10. The van der Waals surface area contributed by atoms with E-state index in [0.717, 1.165) is 11.3 Å². The summed E-state index contributed by atoms with van der Waals surface area (Å²) < 4.78 is 6.47. The third-order valence-electron chi connectivity index (χ3n) is 3.75. The molecule has 31 heavy (non-hydrogen) atoms. The van der Waals surface area contributed by atoms with E-state index in [1.807, 2.05) is 0 Å². The number of alkyl carbamates (subject to hydrolysis) is 1. The molecule has 0 saturated heterocycles. The molecule has 0 spiro atoms. The maximum atomic E-state index is 12.5. The van der Waals surface area contributed by atoms with Crippen LogP contribution in [0.25, 0.3) is 0 Å². The highest BCUT2D eigenvalue weighted by molar-refractivity contribution is 7.17. The zero-order valence-electron chi connectivity index (χ0n) is 17.9. The van der Waals surface area contributed by atoms with Crippen LogP contribution in [0.2, 0.25) is 0 Å². The van der Waals surface area contributed by atoms with E-state index >= 15 is 0 Å². The van der Waals surface area contributed by atoms with Crippen molar-refractivity contribution in [2.75, 3.05) is 17.2 Å². The standard InChI is InChI=1S/C19H25N5O6S/c1-10-14(15(26)22-11-8-12(16(27)28)24(5)9-11)31-17(21-10)23-13(25)6-7-20-18(29)30-19(2,3)4/h8-9H,6-7H2,1-5H3,(H,20,29)(H,22,26)(H,27,28)(H,21,23,25). The first-order valence-corrected chi connectivity index (χ1v) is 10.1. The number of nitrogens with one attached hydrogen (secondary N) is 3. The molecule has 0 aliphatic rings. The van der Waals surface area contributed by atoms with Crippen molar-refractivity contribution in [1.82, 2.24) is 14.9 Å². The van der Waals surface area contributed by atoms with Gasteiger partial charge in [-0.1, -0.05) is 11.3 Å². The molecule has 0 aliphatic heterocycles. The monoisotopic (exact) mass is 451 g/mol. The molecule has 0 atom stereocenters. The number of carboxylic acid groups (broad SMARTS) is 1. The molecule has 0 aromatic carbocycles. The van der Waals surface area contributed by atoms with Crippen molar-refractivity contribution < 1.29 is 29.0 Å². The van der Waals surface area contributed by atoms with Gasteiger partial charge in [0.05, 0.1) is 11.4 Å². The van der Waals surface area contributed by atoms with Crippen LogP contribution in [0.1, 0.15) is 53.0 Å². The molecule has 0 saturated carbocycles. The predicted molar refractivity (Wildman–Crippen MR) is 115 cm³/mol. The van der Waals surface area contributed by atoms with E-state index in [-0.39, 0.29) is 34.6 Å². The highest BCUT2D eigenvalue weighted by Gasteiger charge is 2.19. The topological polar surface area (TPSA) is 152 Å². The molecule has 0 fully saturated rings. The van der Waals surface area contributed by atoms with Crippen LogP contribution in [0.15, 0.2) is 12.3 Å². The number of carbonyl (C=O) groups excluding carboxylic acids is 3. The summed E-state index contributed by atoms with van der Waals surface area (Å²) in [7, 11) is 1.56. The van der Waals surface area contributed by atoms with Crippen LogP contribution in [0.3, 0.4) is 0 Å². The van der Waals surface area contributed by atoms with Crippen LogP contribution in [0.4, 0.5) is 15.6 Å². The summed E-state index contributed by atoms with van der Waals surface area (Å²) in [5.74, 6) is -1.96. The minimum atomic E-state index is -1.11. The van der Waals surface area contributed by atoms with Crippen LogP contribution in [0, 0.1) is 6.92 Å². The smallest absolute Gasteiger partial charge is 0.407 e. The van der Waals surface area contributed by atoms with Gasteiger partial charge in [0.15, 0.2) is 5.13 Å². The number of carbonyl (C=O) groups is 4. The van der Waals surface area contributed by atoms with Crippen LogP contribution in [-0.2, 0) is 16.6 Å². The van der Waals surface area contributed by atoms with Gasteiger partial charge in [0.25, 0.3) is 5.91 Å². The van der Waals surface area contributed by atoms with Gasteiger partial charge in [0.1, 0.15) is 16.2 Å². The molecule has 3 amide bonds. The van der Waals surface area contributed by atoms with E-state index < -0.39 is 23.6 Å². The van der Waals surface area contributed by atoms with Gasteiger partial charge in [-0.15, -0.1) is 0 Å². The molecule has 12 heteroatoms. The van der Waals surface area contributed by atoms with Gasteiger partial charge >= 0.3 is 12.1 Å². The minimum Gasteiger partial charge on any atom is -0.477 e. The van der Waals surface area contributed by atoms with Crippen LogP contribution >= 0.6 is 11.3 Å². The van der Waals surface area contributed by atoms with Crippen molar-refractivity contribution in [2.24, 2.45) is 7.05 Å². The average molecular weight is 452 g/mol. The van der Waals surface area contributed by atoms with Crippen molar-refractivity contribution in [3.63, 3.8) is 0 Å². The number of nitrogens with zero attached hydrogens (tertiary/aromatic N) is 2. The highest BCUT2D eigenvalue weighted by Crippen LogP contribution is 2.24. The molecule has 0 bridgehead atoms. The Morgan fingerprint density at radius 2 is 1.90 bits per heavy atom. The van der Waals surface area contributed by atoms with Crippen molar-refractivity contribution in [1.29, 1.82) is 0 Å². The van der Waals surface area contributed by atoms with Crippen LogP contribution < -0.4 is 16.0 Å². The van der Waals surface area contributed by atoms with Crippen molar-refractivity contribution >= 4 is 46.0 Å². The molecule has 2 aromatic rings. The number of amides is 3. The quantitative estimate of drug-likeness (QED) is 0.505. The predicted octanol–water partition coefficient (Wildman–Crippen LogP) is 2.59. The number of anilines is 2. The minimum absolute atomic E-state index is 0.00137. The molecule has 0 radical (unpaired) electrons. The summed E-state index contributed by atoms with van der Waals surface area (Å²) in [4.78, 5) is 51.7. The number of aryl methyl sites for hydroxylation is 2. The van der Waals surface area contributed by atoms with Crippen molar-refractivity contribution in [3.05, 3.63) is 28.5 Å². The van der Waals surface area contributed by atoms with Gasteiger partial charge in [-0.2, -0.15) is 0 Å². The van der Waals surface area contributed by atoms with Crippen LogP contribution in [-0.4, -0.2) is 50.7 Å². The normalized spacial score (nSPS) is 11.0. The molecule has 11 nitrogen and oxygen atoms in total. The lowest BCUT2D eigenvalue weighted by Gasteiger charge is -2.19. The Labute approximate surface area is 182 Å². The zero-order valence-corrected chi connectivity index (χ0v) is 18.7. The molecular weight excluding hydrogens is 426 g/mol. The summed E-state index contributed by atoms with van der Waals surface area (Å²) in [6.45, 7) is 6.92. The number of hydrogen-bond acceptors (Lipinski definition) is 7. The fourth-order valence-corrected chi connectivity index (χ4v) is 3.35. The highest BCUT2D eigenvalue weighted by atomic mass is 32.1. The molecule has 2 aromatic heterocycles. The third-order valence-corrected chi connectivity index (χ3v) is 4.82. The van der Waals surface area contributed by atoms with Crippen molar-refractivity contribution in [2.45, 2.75) is 39.7 Å². The summed E-state index contributed by atoms with van der Waals surface area (Å²) in [6.07, 6.45) is 0.871. The first kappa shape index (κ1) is 23.9. The molecular formula is C19H25N5O6S. The SMILES string of the molecule is Cc1nc(NC(=O)CCNC(=O)OC(C)(C)C)sc1C(=O)Nc1cc(C(=O)O)n(C)c1. The lowest BCUT2D eigenvalue weighted by molar-refractivity contribution is -0.116. The van der Waals surface area contributed by atoms with Crippen molar-refractivity contribution in [3.8, 4) is 0 Å². The second-order valence-corrected chi connectivity index (χ2v) is 8.64. The first-order valence-electron chi connectivity index (χ1n) is 9.31. The van der Waals surface area contributed by atoms with Gasteiger partial charge in [-0.05, 0) is 33.8 Å². The zero-order chi connectivity index (χ0) is 23.3. The number of carboxylic acids is 1. The molecule has 4 N–H and O–H groups in total. The summed E-state index contributed by atoms with van der Waals surface area (Å²) in [5.41, 5.74) is 0.149. The Bertz CT molecular complexity index is 1000. The number of aromatic carboxylic acids is 1. The van der Waals surface area contributed by atoms with Crippen LogP contribution in [0.5, 0.6) is 0 Å². The maximum Gasteiger partial charge on any atom is 0.407 e. The van der Waals surface area contributed by atoms with Gasteiger partial charge in [-0.3, -0.25) is 9.59 Å². The fraction of sp³-hybridized carbons (Fsp3) is 0.421. The lowest BCUT2D eigenvalue weighted by Crippen LogP contribution is -2.34. The summed E-state index contributed by atoms with van der Waals surface area (Å²) >= 11 is 0.990. The number of hydrogen-bond donors (Lipinski definition) is 4. The Kier molecular flexibility index (Phi) is 7.39. The Morgan fingerprint density at radius 1 is 1.23 bits per heavy atom. The van der Waals surface area contributed by atoms with Gasteiger partial charge < -0.3 is 30.4 Å². The van der Waals surface area contributed by atoms with Gasteiger partial charge in [0.2, 0.25) is 5.91 Å². The van der Waals surface area contributed by atoms with E-state index in [0.29, 0.717) is 11.4 Å². The lowest BCUT2D eigenvalue weighted by atomic mass is 10.2. The summed E-state index contributed by atoms with van der Waals surface area (Å²) in [5, 5.41) is 17.0. The molecule has 2 heterocycles. The second kappa shape index (κ2) is 9.60. The van der Waals surface area contributed by atoms with E-state index in [4.69, 9.17) is 9.84 Å². The summed E-state index contributed by atoms with van der Waals surface area (Å²) in [6, 6.07) is 1.34. The maximum absolute atomic E-state index is 12.5. The Balaban J connectivity index is 1.91. The molecule has 2 rings (SSSR count). The molecule has 0 aliphatic carbocycles. The average Bonchev–Trinajstić information content (AvgIpc) is 3.15. The number of thiazole rings is 1.